The van der Waals surface area contributed by atoms with Gasteiger partial charge in [0.1, 0.15) is 29.6 Å². The van der Waals surface area contributed by atoms with Crippen LogP contribution in [-0.4, -0.2) is 37.9 Å². The van der Waals surface area contributed by atoms with E-state index in [1.54, 1.807) is 0 Å². The van der Waals surface area contributed by atoms with Gasteiger partial charge in [-0.05, 0) is 24.3 Å². The Hall–Kier alpha value is -1.61. The minimum atomic E-state index is -4.10. The van der Waals surface area contributed by atoms with Crippen LogP contribution in [0, 0.1) is 0 Å². The normalized spacial score (nSPS) is 14.3. The third-order valence-corrected chi connectivity index (χ3v) is 3.45. The molecule has 2 atom stereocenters. The van der Waals surface area contributed by atoms with Gasteiger partial charge in [-0.1, -0.05) is 0 Å². The smallest absolute Gasteiger partial charge is 0.739 e. The predicted molar refractivity (Wildman–Crippen MR) is 93.4 cm³/mol. The molecule has 15 heteroatoms. The van der Waals surface area contributed by atoms with Crippen LogP contribution >= 0.6 is 0 Å². The summed E-state index contributed by atoms with van der Waals surface area (Å²) in [6.45, 7) is 0. The van der Waals surface area contributed by atoms with Gasteiger partial charge in [-0.25, -0.2) is 8.42 Å². The van der Waals surface area contributed by atoms with Gasteiger partial charge < -0.3 is 37.9 Å². The summed E-state index contributed by atoms with van der Waals surface area (Å²) in [5.74, 6) is -2.07. The Bertz CT molecular complexity index is 910. The summed E-state index contributed by atoms with van der Waals surface area (Å²) < 4.78 is 50.2. The first-order valence-electron chi connectivity index (χ1n) is 6.11. The predicted octanol–water partition coefficient (Wildman–Crippen LogP) is 0.534. The van der Waals surface area contributed by atoms with E-state index in [-0.39, 0.29) is 28.0 Å². The fraction of sp³-hybridized carbons (Fsp3) is 0. The molecule has 0 bridgehead atoms. The van der Waals surface area contributed by atoms with E-state index in [2.05, 4.69) is 30.7 Å². The largest absolute Gasteiger partial charge is 2.00 e. The summed E-state index contributed by atoms with van der Waals surface area (Å²) >= 11 is 7.85. The molecule has 0 fully saturated rings. The minimum Gasteiger partial charge on any atom is -0.739 e. The molecule has 2 rings (SSSR count). The number of phenols is 4. The summed E-state index contributed by atoms with van der Waals surface area (Å²) in [7, 11) is -8.21. The molecule has 152 valence electrons. The van der Waals surface area contributed by atoms with Crippen LogP contribution in [0.2, 0.25) is 0 Å². The molecule has 27 heavy (non-hydrogen) atoms. The molecule has 2 aromatic carbocycles. The average molecular weight is 501 g/mol. The molecular formula is C12H10NiO10S4. The van der Waals surface area contributed by atoms with Gasteiger partial charge in [0.15, 0.2) is 23.0 Å². The van der Waals surface area contributed by atoms with Crippen molar-refractivity contribution in [1.82, 2.24) is 0 Å². The minimum absolute atomic E-state index is 0. The van der Waals surface area contributed by atoms with Gasteiger partial charge in [-0.3, -0.25) is 0 Å². The second-order valence-corrected chi connectivity index (χ2v) is 8.70. The van der Waals surface area contributed by atoms with Crippen LogP contribution in [0.5, 0.6) is 34.5 Å². The maximum Gasteiger partial charge on any atom is 2.00 e. The molecule has 0 aliphatic carbocycles. The average Bonchev–Trinajstić information content (AvgIpc) is 2.44. The van der Waals surface area contributed by atoms with Crippen molar-refractivity contribution < 1.29 is 62.8 Å². The number of rotatable bonds is 4. The Balaban J connectivity index is 0.000000483. The van der Waals surface area contributed by atoms with E-state index in [1.165, 1.54) is 12.1 Å². The van der Waals surface area contributed by atoms with Crippen molar-refractivity contribution in [3.05, 3.63) is 36.4 Å². The van der Waals surface area contributed by atoms with Crippen molar-refractivity contribution in [3.8, 4) is 34.5 Å². The molecule has 2 aromatic rings. The maximum atomic E-state index is 10.5. The fourth-order valence-corrected chi connectivity index (χ4v) is 2.51. The van der Waals surface area contributed by atoms with Crippen molar-refractivity contribution >= 4 is 40.5 Å². The maximum absolute atomic E-state index is 10.5. The SMILES string of the molecule is O=S([O-])(=S)Oc1cc(O)ccc1O.O=S([O-])(=S)Oc1cc(O)ccc1O.[Ni+2]. The molecule has 0 saturated heterocycles. The van der Waals surface area contributed by atoms with Gasteiger partial charge in [0.05, 0.1) is 0 Å². The summed E-state index contributed by atoms with van der Waals surface area (Å²) in [4.78, 5) is 0. The number of aromatic hydroxyl groups is 4. The molecule has 0 spiro atoms. The second-order valence-electron chi connectivity index (χ2n) is 4.29. The van der Waals surface area contributed by atoms with E-state index in [0.717, 1.165) is 24.3 Å². The third-order valence-electron chi connectivity index (χ3n) is 2.27. The standard InChI is InChI=1S/2C6H6O5S2.Ni/c2*7-4-1-2-5(8)6(3-4)11-13(9,10)12;/h2*1-3,7-8H,(H,9,10,12);/q;;+2/p-2. The molecule has 0 heterocycles. The zero-order valence-electron chi connectivity index (χ0n) is 12.7. The number of benzene rings is 2. The zero-order chi connectivity index (χ0) is 20.1. The molecule has 0 aliphatic heterocycles. The van der Waals surface area contributed by atoms with Gasteiger partial charge in [0, 0.05) is 34.5 Å². The van der Waals surface area contributed by atoms with E-state index < -0.39 is 41.1 Å². The van der Waals surface area contributed by atoms with Crippen LogP contribution in [-0.2, 0) is 57.0 Å². The first-order valence-corrected chi connectivity index (χ1v) is 10.8. The van der Waals surface area contributed by atoms with Crippen molar-refractivity contribution in [2.45, 2.75) is 0 Å². The Kier molecular flexibility index (Phi) is 9.48. The second kappa shape index (κ2) is 10.1. The van der Waals surface area contributed by atoms with Crippen molar-refractivity contribution in [2.75, 3.05) is 0 Å². The molecule has 0 saturated carbocycles. The molecule has 4 N–H and O–H groups in total. The van der Waals surface area contributed by atoms with Crippen LogP contribution < -0.4 is 8.37 Å². The van der Waals surface area contributed by atoms with E-state index in [0.29, 0.717) is 0 Å². The molecule has 0 radical (unpaired) electrons. The molecular weight excluding hydrogens is 491 g/mol. The van der Waals surface area contributed by atoms with Crippen LogP contribution in [0.3, 0.4) is 0 Å². The van der Waals surface area contributed by atoms with Gasteiger partial charge in [0.2, 0.25) is 0 Å². The van der Waals surface area contributed by atoms with Gasteiger partial charge in [0.25, 0.3) is 0 Å². The zero-order valence-corrected chi connectivity index (χ0v) is 16.9. The van der Waals surface area contributed by atoms with Crippen LogP contribution in [0.4, 0.5) is 0 Å². The van der Waals surface area contributed by atoms with Crippen LogP contribution in [0.15, 0.2) is 36.4 Å². The summed E-state index contributed by atoms with van der Waals surface area (Å²) in [5, 5.41) is 35.9. The van der Waals surface area contributed by atoms with Gasteiger partial charge in [-0.2, -0.15) is 0 Å². The van der Waals surface area contributed by atoms with Crippen molar-refractivity contribution in [1.29, 1.82) is 0 Å². The van der Waals surface area contributed by atoms with E-state index in [4.69, 9.17) is 20.4 Å². The molecule has 2 unspecified atom stereocenters. The third kappa shape index (κ3) is 10.3. The summed E-state index contributed by atoms with van der Waals surface area (Å²) in [6, 6.07) is 6.42. The first-order chi connectivity index (χ1) is 11.8. The quantitative estimate of drug-likeness (QED) is 0.338. The van der Waals surface area contributed by atoms with Gasteiger partial charge >= 0.3 is 16.5 Å². The van der Waals surface area contributed by atoms with E-state index in [1.807, 2.05) is 0 Å². The Labute approximate surface area is 173 Å². The Morgan fingerprint density at radius 1 is 0.741 bits per heavy atom. The molecule has 0 aliphatic rings. The van der Waals surface area contributed by atoms with E-state index in [9.17, 15) is 17.5 Å². The van der Waals surface area contributed by atoms with E-state index >= 15 is 0 Å². The number of hydrogen-bond acceptors (Lipinski definition) is 12. The fourth-order valence-electron chi connectivity index (χ4n) is 1.36. The molecule has 0 aromatic heterocycles. The first kappa shape index (κ1) is 25.4. The van der Waals surface area contributed by atoms with Gasteiger partial charge in [-0.15, -0.1) is 0 Å². The molecule has 0 amide bonds. The number of phenolic OH excluding ortho intramolecular Hbond substituents is 4. The van der Waals surface area contributed by atoms with Crippen molar-refractivity contribution in [2.24, 2.45) is 0 Å². The Morgan fingerprint density at radius 3 is 1.30 bits per heavy atom. The van der Waals surface area contributed by atoms with Crippen molar-refractivity contribution in [3.63, 3.8) is 0 Å². The Morgan fingerprint density at radius 2 is 1.04 bits per heavy atom. The molecule has 10 nitrogen and oxygen atoms in total. The topological polar surface area (TPSA) is 180 Å². The number of hydrogen-bond donors (Lipinski definition) is 4. The van der Waals surface area contributed by atoms with Crippen LogP contribution in [0.25, 0.3) is 0 Å². The van der Waals surface area contributed by atoms with Crippen LogP contribution in [0.1, 0.15) is 0 Å². The monoisotopic (exact) mass is 500 g/mol. The summed E-state index contributed by atoms with van der Waals surface area (Å²) in [5.41, 5.74) is 0. The summed E-state index contributed by atoms with van der Waals surface area (Å²) in [6.07, 6.45) is 0.